The second-order valence-electron chi connectivity index (χ2n) is 7.23. The van der Waals surface area contributed by atoms with Gasteiger partial charge in [-0.15, -0.1) is 0 Å². The van der Waals surface area contributed by atoms with E-state index in [-0.39, 0.29) is 12.6 Å². The molecule has 0 spiro atoms. The molecule has 7 nitrogen and oxygen atoms in total. The Morgan fingerprint density at radius 2 is 1.71 bits per heavy atom. The molecule has 0 radical (unpaired) electrons. The molecule has 2 rings (SSSR count). The molecule has 1 atom stereocenters. The number of hydrogen-bond donors (Lipinski definition) is 2. The van der Waals surface area contributed by atoms with E-state index in [9.17, 15) is 18.0 Å². The Bertz CT molecular complexity index is 762. The van der Waals surface area contributed by atoms with Gasteiger partial charge in [-0.1, -0.05) is 37.5 Å². The van der Waals surface area contributed by atoms with Crippen LogP contribution < -0.4 is 10.6 Å². The Morgan fingerprint density at radius 3 is 2.36 bits per heavy atom. The van der Waals surface area contributed by atoms with Gasteiger partial charge in [0.2, 0.25) is 10.0 Å². The van der Waals surface area contributed by atoms with E-state index >= 15 is 0 Å². The van der Waals surface area contributed by atoms with Gasteiger partial charge in [0.05, 0.1) is 4.90 Å². The first-order valence-corrected chi connectivity index (χ1v) is 11.4. The van der Waals surface area contributed by atoms with E-state index in [0.29, 0.717) is 24.4 Å². The highest BCUT2D eigenvalue weighted by molar-refractivity contribution is 7.89. The molecule has 0 saturated carbocycles. The maximum absolute atomic E-state index is 13.0. The van der Waals surface area contributed by atoms with Crippen molar-refractivity contribution in [3.63, 3.8) is 0 Å². The van der Waals surface area contributed by atoms with Crippen molar-refractivity contribution in [2.75, 3.05) is 19.6 Å². The minimum Gasteiger partial charge on any atom is -0.348 e. The van der Waals surface area contributed by atoms with Gasteiger partial charge in [-0.3, -0.25) is 9.59 Å². The average molecular weight is 410 g/mol. The number of sulfonamides is 1. The van der Waals surface area contributed by atoms with Crippen LogP contribution in [0.25, 0.3) is 0 Å². The lowest BCUT2D eigenvalue weighted by molar-refractivity contribution is -0.139. The van der Waals surface area contributed by atoms with Gasteiger partial charge in [0.1, 0.15) is 0 Å². The van der Waals surface area contributed by atoms with Crippen LogP contribution in [0.4, 0.5) is 0 Å². The van der Waals surface area contributed by atoms with Crippen molar-refractivity contribution < 1.29 is 18.0 Å². The van der Waals surface area contributed by atoms with Crippen molar-refractivity contribution in [2.45, 2.75) is 63.3 Å². The maximum Gasteiger partial charge on any atom is 0.309 e. The number of hydrogen-bond acceptors (Lipinski definition) is 4. The Balaban J connectivity index is 1.93. The Kier molecular flexibility index (Phi) is 8.44. The number of amides is 2. The Labute approximate surface area is 167 Å². The van der Waals surface area contributed by atoms with Crippen LogP contribution in [-0.2, 0) is 19.6 Å². The summed E-state index contributed by atoms with van der Waals surface area (Å²) in [6.45, 7) is 5.15. The number of rotatable bonds is 8. The summed E-state index contributed by atoms with van der Waals surface area (Å²) in [5, 5.41) is 5.18. The van der Waals surface area contributed by atoms with Crippen LogP contribution in [-0.4, -0.2) is 50.2 Å². The monoisotopic (exact) mass is 409 g/mol. The first-order valence-electron chi connectivity index (χ1n) is 10.0. The number of unbranched alkanes of at least 4 members (excludes halogenated alkanes) is 1. The van der Waals surface area contributed by atoms with Crippen molar-refractivity contribution in [1.29, 1.82) is 0 Å². The van der Waals surface area contributed by atoms with Crippen LogP contribution in [0.3, 0.4) is 0 Å². The van der Waals surface area contributed by atoms with Gasteiger partial charge in [-0.25, -0.2) is 8.42 Å². The topological polar surface area (TPSA) is 95.6 Å². The summed E-state index contributed by atoms with van der Waals surface area (Å²) >= 11 is 0. The maximum atomic E-state index is 13.0. The van der Waals surface area contributed by atoms with Crippen LogP contribution in [0.15, 0.2) is 29.2 Å². The van der Waals surface area contributed by atoms with Gasteiger partial charge < -0.3 is 10.6 Å². The Hall–Kier alpha value is -1.93. The van der Waals surface area contributed by atoms with Crippen molar-refractivity contribution in [2.24, 2.45) is 0 Å². The SMILES string of the molecule is CCCCNC(=O)C(=O)NCC[C@H]1CCCCN1S(=O)(=O)c1ccc(C)cc1. The molecule has 0 unspecified atom stereocenters. The summed E-state index contributed by atoms with van der Waals surface area (Å²) in [4.78, 5) is 23.9. The van der Waals surface area contributed by atoms with Crippen LogP contribution in [0, 0.1) is 6.92 Å². The summed E-state index contributed by atoms with van der Waals surface area (Å²) in [5.74, 6) is -1.30. The van der Waals surface area contributed by atoms with Gasteiger partial charge in [0.25, 0.3) is 0 Å². The normalized spacial score (nSPS) is 17.9. The minimum atomic E-state index is -3.57. The molecule has 1 aliphatic heterocycles. The van der Waals surface area contributed by atoms with Gasteiger partial charge >= 0.3 is 11.8 Å². The highest BCUT2D eigenvalue weighted by Crippen LogP contribution is 2.27. The molecule has 1 aromatic rings. The van der Waals surface area contributed by atoms with Gasteiger partial charge in [-0.05, 0) is 44.7 Å². The highest BCUT2D eigenvalue weighted by Gasteiger charge is 2.33. The molecule has 1 heterocycles. The van der Waals surface area contributed by atoms with E-state index in [1.165, 1.54) is 0 Å². The molecule has 1 aliphatic rings. The van der Waals surface area contributed by atoms with Gasteiger partial charge in [0.15, 0.2) is 0 Å². The number of benzene rings is 1. The summed E-state index contributed by atoms with van der Waals surface area (Å²) < 4.78 is 27.6. The first-order chi connectivity index (χ1) is 13.4. The van der Waals surface area contributed by atoms with Crippen LogP contribution >= 0.6 is 0 Å². The van der Waals surface area contributed by atoms with Crippen LogP contribution in [0.2, 0.25) is 0 Å². The molecular weight excluding hydrogens is 378 g/mol. The third-order valence-electron chi connectivity index (χ3n) is 4.99. The number of carbonyl (C=O) groups is 2. The number of aryl methyl sites for hydroxylation is 1. The van der Waals surface area contributed by atoms with E-state index in [0.717, 1.165) is 37.7 Å². The molecule has 1 saturated heterocycles. The molecule has 2 amide bonds. The van der Waals surface area contributed by atoms with E-state index in [1.54, 1.807) is 28.6 Å². The largest absolute Gasteiger partial charge is 0.348 e. The molecular formula is C20H31N3O4S. The molecule has 0 aliphatic carbocycles. The van der Waals surface area contributed by atoms with Gasteiger partial charge in [-0.2, -0.15) is 4.31 Å². The lowest BCUT2D eigenvalue weighted by Gasteiger charge is -2.34. The first kappa shape index (κ1) is 22.4. The van der Waals surface area contributed by atoms with Crippen molar-refractivity contribution in [3.8, 4) is 0 Å². The van der Waals surface area contributed by atoms with Crippen molar-refractivity contribution in [3.05, 3.63) is 29.8 Å². The molecule has 28 heavy (non-hydrogen) atoms. The second-order valence-corrected chi connectivity index (χ2v) is 9.12. The number of nitrogens with zero attached hydrogens (tertiary/aromatic N) is 1. The second kappa shape index (κ2) is 10.6. The van der Waals surface area contributed by atoms with E-state index < -0.39 is 21.8 Å². The summed E-state index contributed by atoms with van der Waals surface area (Å²) in [6.07, 6.45) is 4.79. The molecule has 8 heteroatoms. The highest BCUT2D eigenvalue weighted by atomic mass is 32.2. The smallest absolute Gasteiger partial charge is 0.309 e. The Morgan fingerprint density at radius 1 is 1.07 bits per heavy atom. The average Bonchev–Trinajstić information content (AvgIpc) is 2.68. The molecule has 2 N–H and O–H groups in total. The lowest BCUT2D eigenvalue weighted by atomic mass is 10.0. The number of nitrogens with one attached hydrogen (secondary N) is 2. The standard InChI is InChI=1S/C20H31N3O4S/c1-3-4-13-21-19(24)20(25)22-14-12-17-7-5-6-15-23(17)28(26,27)18-10-8-16(2)9-11-18/h8-11,17H,3-7,12-15H2,1-2H3,(H,21,24)(H,22,25)/t17-/m1/s1. The number of piperidine rings is 1. The fourth-order valence-electron chi connectivity index (χ4n) is 3.32. The summed E-state index contributed by atoms with van der Waals surface area (Å²) in [7, 11) is -3.57. The van der Waals surface area contributed by atoms with E-state index in [2.05, 4.69) is 10.6 Å². The quantitative estimate of drug-likeness (QED) is 0.507. The van der Waals surface area contributed by atoms with E-state index in [1.807, 2.05) is 13.8 Å². The lowest BCUT2D eigenvalue weighted by Crippen LogP contribution is -2.46. The molecule has 1 aromatic carbocycles. The zero-order valence-electron chi connectivity index (χ0n) is 16.7. The third kappa shape index (κ3) is 6.04. The molecule has 156 valence electrons. The van der Waals surface area contributed by atoms with Crippen LogP contribution in [0.5, 0.6) is 0 Å². The predicted octanol–water partition coefficient (Wildman–Crippen LogP) is 1.96. The molecule has 0 bridgehead atoms. The van der Waals surface area contributed by atoms with Crippen molar-refractivity contribution in [1.82, 2.24) is 14.9 Å². The fraction of sp³-hybridized carbons (Fsp3) is 0.600. The zero-order chi connectivity index (χ0) is 20.6. The fourth-order valence-corrected chi connectivity index (χ4v) is 5.04. The molecule has 0 aromatic heterocycles. The van der Waals surface area contributed by atoms with E-state index in [4.69, 9.17) is 0 Å². The minimum absolute atomic E-state index is 0.177. The summed E-state index contributed by atoms with van der Waals surface area (Å²) in [5.41, 5.74) is 1.01. The summed E-state index contributed by atoms with van der Waals surface area (Å²) in [6, 6.07) is 6.69. The van der Waals surface area contributed by atoms with Gasteiger partial charge in [0, 0.05) is 25.7 Å². The molecule has 1 fully saturated rings. The predicted molar refractivity (Wildman–Crippen MR) is 108 cm³/mol. The third-order valence-corrected chi connectivity index (χ3v) is 6.95. The number of carbonyl (C=O) groups excluding carboxylic acids is 2. The zero-order valence-corrected chi connectivity index (χ0v) is 17.6. The van der Waals surface area contributed by atoms with Crippen molar-refractivity contribution >= 4 is 21.8 Å². The van der Waals surface area contributed by atoms with Crippen LogP contribution in [0.1, 0.15) is 51.0 Å².